The summed E-state index contributed by atoms with van der Waals surface area (Å²) in [5.41, 5.74) is 3.98. The van der Waals surface area contributed by atoms with Crippen molar-refractivity contribution in [3.8, 4) is 5.75 Å². The Morgan fingerprint density at radius 1 is 1.41 bits per heavy atom. The van der Waals surface area contributed by atoms with Crippen molar-refractivity contribution in [2.24, 2.45) is 5.41 Å². The first kappa shape index (κ1) is 15.4. The summed E-state index contributed by atoms with van der Waals surface area (Å²) in [5, 5.41) is 10.7. The second kappa shape index (κ2) is 4.99. The zero-order chi connectivity index (χ0) is 16.1. The molecule has 1 atom stereocenters. The van der Waals surface area contributed by atoms with Gasteiger partial charge in [-0.2, -0.15) is 13.2 Å². The van der Waals surface area contributed by atoms with Crippen LogP contribution in [0.5, 0.6) is 5.75 Å². The van der Waals surface area contributed by atoms with Gasteiger partial charge in [0.15, 0.2) is 5.13 Å². The second-order valence-corrected chi connectivity index (χ2v) is 6.59. The summed E-state index contributed by atoms with van der Waals surface area (Å²) in [6, 6.07) is 3.07. The van der Waals surface area contributed by atoms with Crippen LogP contribution in [-0.2, 0) is 0 Å². The third kappa shape index (κ3) is 2.13. The van der Waals surface area contributed by atoms with Crippen LogP contribution in [-0.4, -0.2) is 23.4 Å². The first-order chi connectivity index (χ1) is 10.3. The molecule has 0 radical (unpaired) electrons. The third-order valence-corrected chi connectivity index (χ3v) is 5.21. The van der Waals surface area contributed by atoms with E-state index in [0.29, 0.717) is 22.4 Å². The quantitative estimate of drug-likeness (QED) is 0.900. The van der Waals surface area contributed by atoms with E-state index in [9.17, 15) is 18.3 Å². The molecule has 0 bridgehead atoms. The molecule has 0 aliphatic heterocycles. The van der Waals surface area contributed by atoms with E-state index in [2.05, 4.69) is 4.98 Å². The lowest BCUT2D eigenvalue weighted by molar-refractivity contribution is -0.284. The number of methoxy groups -OCH3 is 1. The number of fused-ring (bicyclic) bond motifs is 1. The Labute approximate surface area is 128 Å². The van der Waals surface area contributed by atoms with Crippen molar-refractivity contribution in [2.75, 3.05) is 12.8 Å². The summed E-state index contributed by atoms with van der Waals surface area (Å²) in [7, 11) is 1.42. The van der Waals surface area contributed by atoms with Crippen LogP contribution >= 0.6 is 11.3 Å². The van der Waals surface area contributed by atoms with Gasteiger partial charge < -0.3 is 15.6 Å². The van der Waals surface area contributed by atoms with Crippen molar-refractivity contribution in [1.82, 2.24) is 4.98 Å². The van der Waals surface area contributed by atoms with Crippen LogP contribution < -0.4 is 10.5 Å². The molecule has 1 aromatic carbocycles. The Balaban J connectivity index is 2.16. The number of benzene rings is 1. The lowest BCUT2D eigenvalue weighted by Crippen LogP contribution is -2.48. The average molecular weight is 332 g/mol. The number of halogens is 3. The molecule has 0 saturated heterocycles. The summed E-state index contributed by atoms with van der Waals surface area (Å²) in [4.78, 5) is 4.08. The second-order valence-electron chi connectivity index (χ2n) is 5.53. The topological polar surface area (TPSA) is 68.4 Å². The Hall–Kier alpha value is -1.54. The van der Waals surface area contributed by atoms with Gasteiger partial charge in [-0.3, -0.25) is 0 Å². The predicted molar refractivity (Wildman–Crippen MR) is 77.9 cm³/mol. The van der Waals surface area contributed by atoms with Crippen LogP contribution in [0.1, 0.15) is 30.9 Å². The molecule has 8 heteroatoms. The zero-order valence-corrected chi connectivity index (χ0v) is 12.6. The lowest BCUT2D eigenvalue weighted by atomic mass is 9.63. The van der Waals surface area contributed by atoms with E-state index in [1.807, 2.05) is 0 Å². The highest BCUT2D eigenvalue weighted by atomic mass is 32.1. The Kier molecular flexibility index (Phi) is 3.48. The predicted octanol–water partition coefficient (Wildman–Crippen LogP) is 3.65. The SMILES string of the molecule is COc1cc(C(O)C2(C(F)(F)F)CCC2)c2nc(N)sc2c1. The molecule has 1 fully saturated rings. The van der Waals surface area contributed by atoms with Crippen molar-refractivity contribution in [2.45, 2.75) is 31.5 Å². The minimum Gasteiger partial charge on any atom is -0.497 e. The van der Waals surface area contributed by atoms with Crippen molar-refractivity contribution < 1.29 is 23.0 Å². The average Bonchev–Trinajstić information content (AvgIpc) is 2.73. The van der Waals surface area contributed by atoms with E-state index < -0.39 is 17.7 Å². The first-order valence-corrected chi connectivity index (χ1v) is 7.59. The molecule has 3 N–H and O–H groups in total. The van der Waals surface area contributed by atoms with Crippen molar-refractivity contribution in [3.63, 3.8) is 0 Å². The zero-order valence-electron chi connectivity index (χ0n) is 11.8. The van der Waals surface area contributed by atoms with Gasteiger partial charge in [-0.15, -0.1) is 0 Å². The van der Waals surface area contributed by atoms with Crippen LogP contribution in [0, 0.1) is 5.41 Å². The standard InChI is InChI=1S/C14H15F3N2O2S/c1-21-7-5-8(10-9(6-7)22-12(18)19-10)11(20)13(3-2-4-13)14(15,16)17/h5-6,11,20H,2-4H2,1H3,(H2,18,19). The number of nitrogen functional groups attached to an aromatic ring is 1. The Morgan fingerprint density at radius 3 is 2.59 bits per heavy atom. The van der Waals surface area contributed by atoms with Crippen LogP contribution in [0.3, 0.4) is 0 Å². The van der Waals surface area contributed by atoms with Crippen LogP contribution in [0.2, 0.25) is 0 Å². The lowest BCUT2D eigenvalue weighted by Gasteiger charge is -2.46. The van der Waals surface area contributed by atoms with E-state index in [1.165, 1.54) is 13.2 Å². The molecule has 1 saturated carbocycles. The van der Waals surface area contributed by atoms with Gasteiger partial charge in [-0.05, 0) is 25.0 Å². The van der Waals surface area contributed by atoms with Gasteiger partial charge >= 0.3 is 6.18 Å². The highest BCUT2D eigenvalue weighted by molar-refractivity contribution is 7.22. The van der Waals surface area contributed by atoms with Crippen LogP contribution in [0.15, 0.2) is 12.1 Å². The number of nitrogens with zero attached hydrogens (tertiary/aromatic N) is 1. The van der Waals surface area contributed by atoms with E-state index in [1.54, 1.807) is 6.07 Å². The number of ether oxygens (including phenoxy) is 1. The van der Waals surface area contributed by atoms with Crippen molar-refractivity contribution in [1.29, 1.82) is 0 Å². The maximum absolute atomic E-state index is 13.4. The Bertz CT molecular complexity index is 710. The monoisotopic (exact) mass is 332 g/mol. The fourth-order valence-electron chi connectivity index (χ4n) is 2.94. The first-order valence-electron chi connectivity index (χ1n) is 6.77. The number of nitrogens with two attached hydrogens (primary N) is 1. The molecule has 1 aromatic heterocycles. The summed E-state index contributed by atoms with van der Waals surface area (Å²) in [6.45, 7) is 0. The van der Waals surface area contributed by atoms with E-state index in [4.69, 9.17) is 10.5 Å². The van der Waals surface area contributed by atoms with E-state index >= 15 is 0 Å². The molecule has 3 rings (SSSR count). The van der Waals surface area contributed by atoms with Crippen molar-refractivity contribution >= 4 is 26.7 Å². The number of alkyl halides is 3. The van der Waals surface area contributed by atoms with E-state index in [-0.39, 0.29) is 23.5 Å². The van der Waals surface area contributed by atoms with E-state index in [0.717, 1.165) is 11.3 Å². The molecule has 1 unspecified atom stereocenters. The summed E-state index contributed by atoms with van der Waals surface area (Å²) in [6.07, 6.45) is -5.88. The maximum atomic E-state index is 13.4. The largest absolute Gasteiger partial charge is 0.497 e. The molecule has 1 heterocycles. The molecule has 0 amide bonds. The highest BCUT2D eigenvalue weighted by Gasteiger charge is 2.62. The number of aliphatic hydroxyl groups excluding tert-OH is 1. The number of thiazole rings is 1. The summed E-state index contributed by atoms with van der Waals surface area (Å²) in [5.74, 6) is 0.377. The molecule has 120 valence electrons. The van der Waals surface area contributed by atoms with Crippen LogP contribution in [0.25, 0.3) is 10.2 Å². The van der Waals surface area contributed by atoms with Crippen LogP contribution in [0.4, 0.5) is 18.3 Å². The molecule has 22 heavy (non-hydrogen) atoms. The van der Waals surface area contributed by atoms with Gasteiger partial charge in [0.05, 0.1) is 28.8 Å². The molecule has 2 aromatic rings. The molecular formula is C14H15F3N2O2S. The smallest absolute Gasteiger partial charge is 0.397 e. The number of aromatic nitrogens is 1. The Morgan fingerprint density at radius 2 is 2.09 bits per heavy atom. The number of hydrogen-bond donors (Lipinski definition) is 2. The van der Waals surface area contributed by atoms with Gasteiger partial charge in [0.2, 0.25) is 0 Å². The minimum absolute atomic E-state index is 0.0873. The number of anilines is 1. The number of rotatable bonds is 3. The normalized spacial score (nSPS) is 19.0. The number of hydrogen-bond acceptors (Lipinski definition) is 5. The van der Waals surface area contributed by atoms with Gasteiger partial charge in [-0.25, -0.2) is 4.98 Å². The summed E-state index contributed by atoms with van der Waals surface area (Å²) >= 11 is 1.15. The van der Waals surface area contributed by atoms with Gasteiger partial charge in [-0.1, -0.05) is 17.8 Å². The number of aliphatic hydroxyl groups is 1. The maximum Gasteiger partial charge on any atom is 0.397 e. The molecule has 0 spiro atoms. The van der Waals surface area contributed by atoms with Crippen molar-refractivity contribution in [3.05, 3.63) is 17.7 Å². The fourth-order valence-corrected chi connectivity index (χ4v) is 3.74. The highest BCUT2D eigenvalue weighted by Crippen LogP contribution is 2.60. The summed E-state index contributed by atoms with van der Waals surface area (Å²) < 4.78 is 46.1. The minimum atomic E-state index is -4.47. The fraction of sp³-hybridized carbons (Fsp3) is 0.500. The molecule has 4 nitrogen and oxygen atoms in total. The van der Waals surface area contributed by atoms with Gasteiger partial charge in [0.1, 0.15) is 5.75 Å². The van der Waals surface area contributed by atoms with Gasteiger partial charge in [0.25, 0.3) is 0 Å². The molecular weight excluding hydrogens is 317 g/mol. The molecule has 1 aliphatic rings. The molecule has 1 aliphatic carbocycles. The van der Waals surface area contributed by atoms with Gasteiger partial charge in [0, 0.05) is 5.56 Å². The third-order valence-electron chi connectivity index (χ3n) is 4.38.